The van der Waals surface area contributed by atoms with Crippen LogP contribution in [-0.4, -0.2) is 48.9 Å². The molecule has 0 bridgehead atoms. The first-order chi connectivity index (χ1) is 12.9. The van der Waals surface area contributed by atoms with Gasteiger partial charge in [0, 0.05) is 31.9 Å². The van der Waals surface area contributed by atoms with Crippen LogP contribution in [0.2, 0.25) is 0 Å². The van der Waals surface area contributed by atoms with E-state index >= 15 is 0 Å². The van der Waals surface area contributed by atoms with Crippen LogP contribution < -0.4 is 4.90 Å². The third kappa shape index (κ3) is 3.84. The number of H-pyrrole nitrogens is 1. The summed E-state index contributed by atoms with van der Waals surface area (Å²) in [5, 5.41) is 0. The van der Waals surface area contributed by atoms with Gasteiger partial charge in [0.1, 0.15) is 5.82 Å². The highest BCUT2D eigenvalue weighted by molar-refractivity contribution is 7.88. The first-order valence-corrected chi connectivity index (χ1v) is 10.8. The molecule has 1 saturated heterocycles. The van der Waals surface area contributed by atoms with E-state index < -0.39 is 10.0 Å². The Kier molecular flexibility index (Phi) is 4.65. The minimum atomic E-state index is -3.30. The molecule has 4 rings (SSSR count). The number of nitrogens with zero attached hydrogens (tertiary/aromatic N) is 3. The number of benzene rings is 2. The van der Waals surface area contributed by atoms with Crippen molar-refractivity contribution in [2.45, 2.75) is 19.6 Å². The van der Waals surface area contributed by atoms with Gasteiger partial charge in [0.2, 0.25) is 10.0 Å². The van der Waals surface area contributed by atoms with Gasteiger partial charge in [-0.25, -0.2) is 13.4 Å². The molecule has 27 heavy (non-hydrogen) atoms. The fourth-order valence-electron chi connectivity index (χ4n) is 3.65. The van der Waals surface area contributed by atoms with Crippen LogP contribution in [-0.2, 0) is 15.8 Å². The maximum absolute atomic E-state index is 12.8. The van der Waals surface area contributed by atoms with E-state index in [1.165, 1.54) is 0 Å². The number of anilines is 1. The summed E-state index contributed by atoms with van der Waals surface area (Å²) in [6, 6.07) is 13.9. The number of aromatic nitrogens is 2. The largest absolute Gasteiger partial charge is 0.369 e. The van der Waals surface area contributed by atoms with Crippen LogP contribution in [0.25, 0.3) is 11.0 Å². The van der Waals surface area contributed by atoms with Crippen LogP contribution in [0.3, 0.4) is 0 Å². The lowest BCUT2D eigenvalue weighted by atomic mass is 10.2. The fraction of sp³-hybridized carbons (Fsp3) is 0.350. The Morgan fingerprint density at radius 3 is 2.56 bits per heavy atom. The molecule has 2 aromatic carbocycles. The Hall–Kier alpha value is -2.38. The molecular weight excluding hydrogens is 360 g/mol. The maximum atomic E-state index is 12.8. The van der Waals surface area contributed by atoms with Crippen molar-refractivity contribution in [1.29, 1.82) is 0 Å². The van der Waals surface area contributed by atoms with Crippen molar-refractivity contribution < 1.29 is 8.42 Å². The van der Waals surface area contributed by atoms with E-state index in [4.69, 9.17) is 0 Å². The van der Waals surface area contributed by atoms with E-state index in [1.807, 2.05) is 44.2 Å². The van der Waals surface area contributed by atoms with E-state index in [0.29, 0.717) is 26.2 Å². The van der Waals surface area contributed by atoms with Gasteiger partial charge in [0.25, 0.3) is 0 Å². The molecule has 0 saturated carbocycles. The van der Waals surface area contributed by atoms with Crippen molar-refractivity contribution in [3.63, 3.8) is 0 Å². The zero-order chi connectivity index (χ0) is 19.0. The van der Waals surface area contributed by atoms with Crippen LogP contribution in [0.5, 0.6) is 0 Å². The second-order valence-electron chi connectivity index (χ2n) is 7.16. The number of sulfonamides is 1. The van der Waals surface area contributed by atoms with Crippen molar-refractivity contribution in [2.75, 3.05) is 31.1 Å². The molecule has 1 fully saturated rings. The molecule has 0 radical (unpaired) electrons. The summed E-state index contributed by atoms with van der Waals surface area (Å²) in [6.45, 7) is 6.31. The summed E-state index contributed by atoms with van der Waals surface area (Å²) in [5.74, 6) is 0.961. The Morgan fingerprint density at radius 2 is 1.81 bits per heavy atom. The number of rotatable bonds is 4. The Morgan fingerprint density at radius 1 is 1.04 bits per heavy atom. The summed E-state index contributed by atoms with van der Waals surface area (Å²) in [5.41, 5.74) is 4.99. The molecular formula is C20H24N4O2S. The molecule has 7 heteroatoms. The Bertz CT molecular complexity index is 1070. The number of hydrogen-bond donors (Lipinski definition) is 1. The second-order valence-corrected chi connectivity index (χ2v) is 9.12. The number of imidazole rings is 1. The van der Waals surface area contributed by atoms with Crippen LogP contribution in [0.1, 0.15) is 17.0 Å². The molecule has 1 N–H and O–H groups in total. The van der Waals surface area contributed by atoms with Crippen molar-refractivity contribution in [3.05, 3.63) is 59.4 Å². The van der Waals surface area contributed by atoms with Gasteiger partial charge in [-0.2, -0.15) is 4.31 Å². The zero-order valence-electron chi connectivity index (χ0n) is 15.6. The number of hydrogen-bond acceptors (Lipinski definition) is 4. The van der Waals surface area contributed by atoms with Crippen molar-refractivity contribution >= 4 is 26.7 Å². The minimum Gasteiger partial charge on any atom is -0.369 e. The average Bonchev–Trinajstić information content (AvgIpc) is 3.00. The monoisotopic (exact) mass is 384 g/mol. The smallest absolute Gasteiger partial charge is 0.218 e. The highest BCUT2D eigenvalue weighted by Gasteiger charge is 2.27. The lowest BCUT2D eigenvalue weighted by molar-refractivity contribution is 0.384. The van der Waals surface area contributed by atoms with Gasteiger partial charge in [-0.1, -0.05) is 29.8 Å². The number of fused-ring (bicyclic) bond motifs is 1. The third-order valence-corrected chi connectivity index (χ3v) is 6.86. The quantitative estimate of drug-likeness (QED) is 0.751. The molecule has 142 valence electrons. The molecule has 1 aliphatic heterocycles. The van der Waals surface area contributed by atoms with Crippen molar-refractivity contribution in [2.24, 2.45) is 0 Å². The lowest BCUT2D eigenvalue weighted by Gasteiger charge is -2.35. The normalized spacial score (nSPS) is 16.1. The Balaban J connectivity index is 1.44. The van der Waals surface area contributed by atoms with Gasteiger partial charge in [0.05, 0.1) is 16.8 Å². The summed E-state index contributed by atoms with van der Waals surface area (Å²) in [4.78, 5) is 9.92. The fourth-order valence-corrected chi connectivity index (χ4v) is 5.15. The van der Waals surface area contributed by atoms with E-state index in [2.05, 4.69) is 27.0 Å². The molecule has 0 aliphatic carbocycles. The molecule has 1 aromatic heterocycles. The topological polar surface area (TPSA) is 69.3 Å². The molecule has 0 spiro atoms. The average molecular weight is 385 g/mol. The summed E-state index contributed by atoms with van der Waals surface area (Å²) in [7, 11) is -3.30. The number of nitrogens with one attached hydrogen (secondary N) is 1. The van der Waals surface area contributed by atoms with E-state index in [0.717, 1.165) is 33.7 Å². The van der Waals surface area contributed by atoms with Crippen LogP contribution in [0.4, 0.5) is 5.69 Å². The van der Waals surface area contributed by atoms with Crippen LogP contribution >= 0.6 is 0 Å². The summed E-state index contributed by atoms with van der Waals surface area (Å²) < 4.78 is 27.2. The second kappa shape index (κ2) is 6.98. The molecule has 0 amide bonds. The predicted molar refractivity (Wildman–Crippen MR) is 108 cm³/mol. The van der Waals surface area contributed by atoms with Gasteiger partial charge in [-0.3, -0.25) is 0 Å². The van der Waals surface area contributed by atoms with Crippen molar-refractivity contribution in [1.82, 2.24) is 14.3 Å². The van der Waals surface area contributed by atoms with Gasteiger partial charge in [-0.05, 0) is 37.6 Å². The van der Waals surface area contributed by atoms with Gasteiger partial charge in [0.15, 0.2) is 0 Å². The first-order valence-electron chi connectivity index (χ1n) is 9.15. The molecule has 6 nitrogen and oxygen atoms in total. The van der Waals surface area contributed by atoms with Crippen LogP contribution in [0, 0.1) is 13.8 Å². The highest BCUT2D eigenvalue weighted by Crippen LogP contribution is 2.23. The van der Waals surface area contributed by atoms with Crippen molar-refractivity contribution in [3.8, 4) is 0 Å². The third-order valence-electron chi connectivity index (χ3n) is 5.01. The number of aromatic amines is 1. The van der Waals surface area contributed by atoms with Crippen LogP contribution in [0.15, 0.2) is 42.5 Å². The molecule has 2 heterocycles. The predicted octanol–water partition coefficient (Wildman–Crippen LogP) is 2.83. The van der Waals surface area contributed by atoms with Gasteiger partial charge >= 0.3 is 0 Å². The molecule has 0 unspecified atom stereocenters. The standard InChI is InChI=1S/C20H24N4O2S/c1-15-4-3-5-17(12-15)14-27(25,26)24-10-8-23(9-11-24)18-6-7-19-20(13-18)22-16(2)21-19/h3-7,12-13H,8-11,14H2,1-2H3,(H,21,22). The lowest BCUT2D eigenvalue weighted by Crippen LogP contribution is -2.49. The minimum absolute atomic E-state index is 0.0636. The van der Waals surface area contributed by atoms with Gasteiger partial charge < -0.3 is 9.88 Å². The molecule has 3 aromatic rings. The highest BCUT2D eigenvalue weighted by atomic mass is 32.2. The first kappa shape index (κ1) is 18.0. The molecule has 1 aliphatic rings. The number of aryl methyl sites for hydroxylation is 2. The Labute approximate surface area is 159 Å². The van der Waals surface area contributed by atoms with Gasteiger partial charge in [-0.15, -0.1) is 0 Å². The SMILES string of the molecule is Cc1cccc(CS(=O)(=O)N2CCN(c3ccc4nc(C)[nH]c4c3)CC2)c1. The van der Waals surface area contributed by atoms with E-state index in [-0.39, 0.29) is 5.75 Å². The zero-order valence-corrected chi connectivity index (χ0v) is 16.5. The maximum Gasteiger partial charge on any atom is 0.218 e. The van der Waals surface area contributed by atoms with E-state index in [9.17, 15) is 8.42 Å². The van der Waals surface area contributed by atoms with E-state index in [1.54, 1.807) is 4.31 Å². The molecule has 0 atom stereocenters. The summed E-state index contributed by atoms with van der Waals surface area (Å²) in [6.07, 6.45) is 0. The summed E-state index contributed by atoms with van der Waals surface area (Å²) >= 11 is 0. The number of piperazine rings is 1.